The summed E-state index contributed by atoms with van der Waals surface area (Å²) in [6.07, 6.45) is 0.562. The Morgan fingerprint density at radius 2 is 2.25 bits per heavy atom. The molecule has 0 aromatic heterocycles. The minimum atomic E-state index is -2.75. The molecule has 0 N–H and O–H groups in total. The average molecular weight is 124 g/mol. The Morgan fingerprint density at radius 1 is 1.62 bits per heavy atom. The SMILES string of the molecule is O=CCCOC(F)F. The number of rotatable bonds is 4. The third kappa shape index (κ3) is 5.49. The lowest BCUT2D eigenvalue weighted by molar-refractivity contribution is -0.132. The second kappa shape index (κ2) is 4.64. The lowest BCUT2D eigenvalue weighted by atomic mass is 10.5. The van der Waals surface area contributed by atoms with E-state index < -0.39 is 6.61 Å². The van der Waals surface area contributed by atoms with Gasteiger partial charge in [0.05, 0.1) is 6.61 Å². The molecule has 4 heteroatoms. The summed E-state index contributed by atoms with van der Waals surface area (Å²) < 4.78 is 25.8. The lowest BCUT2D eigenvalue weighted by Gasteiger charge is -1.95. The highest BCUT2D eigenvalue weighted by atomic mass is 19.3. The first-order valence-corrected chi connectivity index (χ1v) is 2.10. The van der Waals surface area contributed by atoms with Crippen LogP contribution in [0.5, 0.6) is 0 Å². The second-order valence-electron chi connectivity index (χ2n) is 1.09. The molecular formula is C4H6F2O2. The van der Waals surface area contributed by atoms with Gasteiger partial charge in [0.15, 0.2) is 0 Å². The third-order valence-electron chi connectivity index (χ3n) is 0.480. The van der Waals surface area contributed by atoms with Crippen molar-refractivity contribution in [2.45, 2.75) is 13.0 Å². The van der Waals surface area contributed by atoms with Gasteiger partial charge in [0.2, 0.25) is 0 Å². The molecule has 0 rings (SSSR count). The van der Waals surface area contributed by atoms with Crippen molar-refractivity contribution in [2.75, 3.05) is 6.61 Å². The van der Waals surface area contributed by atoms with Crippen LogP contribution in [0.1, 0.15) is 6.42 Å². The molecule has 0 amide bonds. The van der Waals surface area contributed by atoms with E-state index in [4.69, 9.17) is 0 Å². The molecule has 0 bridgehead atoms. The van der Waals surface area contributed by atoms with Crippen LogP contribution in [0.15, 0.2) is 0 Å². The molecule has 8 heavy (non-hydrogen) atoms. The molecule has 0 aromatic carbocycles. The van der Waals surface area contributed by atoms with Gasteiger partial charge < -0.3 is 9.53 Å². The van der Waals surface area contributed by atoms with E-state index in [1.54, 1.807) is 0 Å². The van der Waals surface area contributed by atoms with Crippen LogP contribution >= 0.6 is 0 Å². The van der Waals surface area contributed by atoms with Crippen LogP contribution in [0.25, 0.3) is 0 Å². The predicted octanol–water partition coefficient (Wildman–Crippen LogP) is 0.815. The largest absolute Gasteiger partial charge is 0.345 e. The van der Waals surface area contributed by atoms with Gasteiger partial charge in [-0.15, -0.1) is 0 Å². The van der Waals surface area contributed by atoms with Gasteiger partial charge in [-0.05, 0) is 0 Å². The predicted molar refractivity (Wildman–Crippen MR) is 22.6 cm³/mol. The van der Waals surface area contributed by atoms with E-state index in [9.17, 15) is 13.6 Å². The zero-order valence-electron chi connectivity index (χ0n) is 4.14. The Balaban J connectivity index is 2.81. The maximum atomic E-state index is 11.0. The van der Waals surface area contributed by atoms with Gasteiger partial charge in [0.25, 0.3) is 0 Å². The Hall–Kier alpha value is -0.510. The van der Waals surface area contributed by atoms with Gasteiger partial charge in [-0.3, -0.25) is 0 Å². The Morgan fingerprint density at radius 3 is 2.62 bits per heavy atom. The minimum absolute atomic E-state index is 0.0321. The average Bonchev–Trinajstić information content (AvgIpc) is 1.66. The highest BCUT2D eigenvalue weighted by molar-refractivity contribution is 5.49. The fourth-order valence-electron chi connectivity index (χ4n) is 0.205. The van der Waals surface area contributed by atoms with E-state index in [2.05, 4.69) is 4.74 Å². The van der Waals surface area contributed by atoms with Crippen molar-refractivity contribution in [3.8, 4) is 0 Å². The molecule has 0 saturated heterocycles. The molecule has 0 heterocycles. The second-order valence-corrected chi connectivity index (χ2v) is 1.09. The summed E-state index contributed by atoms with van der Waals surface area (Å²) >= 11 is 0. The van der Waals surface area contributed by atoms with Crippen molar-refractivity contribution in [3.63, 3.8) is 0 Å². The van der Waals surface area contributed by atoms with Crippen molar-refractivity contribution in [1.82, 2.24) is 0 Å². The number of hydrogen-bond donors (Lipinski definition) is 0. The molecule has 0 radical (unpaired) electrons. The summed E-state index contributed by atoms with van der Waals surface area (Å²) in [5, 5.41) is 0. The first kappa shape index (κ1) is 7.49. The Bertz CT molecular complexity index is 65.1. The molecule has 0 aliphatic heterocycles. The summed E-state index contributed by atoms with van der Waals surface area (Å²) in [5.41, 5.74) is 0. The standard InChI is InChI=1S/C4H6F2O2/c5-4(6)8-3-1-2-7/h2,4H,1,3H2. The Labute approximate surface area is 45.4 Å². The van der Waals surface area contributed by atoms with E-state index in [0.29, 0.717) is 6.29 Å². The molecule has 0 unspecified atom stereocenters. The monoisotopic (exact) mass is 124 g/mol. The summed E-state index contributed by atoms with van der Waals surface area (Å²) in [6, 6.07) is 0. The first-order chi connectivity index (χ1) is 3.77. The number of halogens is 2. The van der Waals surface area contributed by atoms with E-state index >= 15 is 0 Å². The maximum Gasteiger partial charge on any atom is 0.345 e. The number of alkyl halides is 2. The number of carbonyl (C=O) groups excluding carboxylic acids is 1. The first-order valence-electron chi connectivity index (χ1n) is 2.10. The van der Waals surface area contributed by atoms with Crippen molar-refractivity contribution in [2.24, 2.45) is 0 Å². The van der Waals surface area contributed by atoms with Crippen molar-refractivity contribution in [1.29, 1.82) is 0 Å². The summed E-state index contributed by atoms with van der Waals surface area (Å²) in [4.78, 5) is 9.46. The molecule has 2 nitrogen and oxygen atoms in total. The van der Waals surface area contributed by atoms with Crippen LogP contribution in [0.3, 0.4) is 0 Å². The number of carbonyl (C=O) groups is 1. The molecule has 0 saturated carbocycles. The van der Waals surface area contributed by atoms with Crippen molar-refractivity contribution in [3.05, 3.63) is 0 Å². The van der Waals surface area contributed by atoms with Crippen molar-refractivity contribution < 1.29 is 18.3 Å². The molecule has 0 aliphatic rings. The summed E-state index contributed by atoms with van der Waals surface area (Å²) in [7, 11) is 0. The number of aldehydes is 1. The molecule has 0 aromatic rings. The van der Waals surface area contributed by atoms with Gasteiger partial charge in [0.1, 0.15) is 6.29 Å². The number of hydrogen-bond acceptors (Lipinski definition) is 2. The summed E-state index contributed by atoms with van der Waals surface area (Å²) in [6.45, 7) is -2.95. The van der Waals surface area contributed by atoms with E-state index in [-0.39, 0.29) is 13.0 Å². The van der Waals surface area contributed by atoms with Gasteiger partial charge in [-0.1, -0.05) is 0 Å². The highest BCUT2D eigenvalue weighted by Crippen LogP contribution is 1.93. The zero-order chi connectivity index (χ0) is 6.41. The third-order valence-corrected chi connectivity index (χ3v) is 0.480. The van der Waals surface area contributed by atoms with Gasteiger partial charge >= 0.3 is 6.61 Å². The minimum Gasteiger partial charge on any atom is -0.323 e. The fraction of sp³-hybridized carbons (Fsp3) is 0.750. The van der Waals surface area contributed by atoms with Crippen LogP contribution in [0.2, 0.25) is 0 Å². The number of ether oxygens (including phenoxy) is 1. The fourth-order valence-corrected chi connectivity index (χ4v) is 0.205. The van der Waals surface area contributed by atoms with Crippen LogP contribution in [-0.4, -0.2) is 19.5 Å². The normalized spacial score (nSPS) is 9.88. The van der Waals surface area contributed by atoms with Crippen molar-refractivity contribution >= 4 is 6.29 Å². The smallest absolute Gasteiger partial charge is 0.323 e. The molecule has 48 valence electrons. The zero-order valence-corrected chi connectivity index (χ0v) is 4.14. The molecule has 0 spiro atoms. The quantitative estimate of drug-likeness (QED) is 0.409. The Kier molecular flexibility index (Phi) is 4.35. The van der Waals surface area contributed by atoms with Gasteiger partial charge in [-0.25, -0.2) is 0 Å². The topological polar surface area (TPSA) is 26.3 Å². The van der Waals surface area contributed by atoms with E-state index in [0.717, 1.165) is 0 Å². The highest BCUT2D eigenvalue weighted by Gasteiger charge is 1.98. The van der Waals surface area contributed by atoms with E-state index in [1.807, 2.05) is 0 Å². The van der Waals surface area contributed by atoms with Gasteiger partial charge in [0, 0.05) is 6.42 Å². The molecule has 0 aliphatic carbocycles. The summed E-state index contributed by atoms with van der Waals surface area (Å²) in [5.74, 6) is 0. The van der Waals surface area contributed by atoms with Gasteiger partial charge in [-0.2, -0.15) is 8.78 Å². The van der Waals surface area contributed by atoms with Crippen LogP contribution in [-0.2, 0) is 9.53 Å². The molecule has 0 fully saturated rings. The van der Waals surface area contributed by atoms with E-state index in [1.165, 1.54) is 0 Å². The van der Waals surface area contributed by atoms with Crippen LogP contribution < -0.4 is 0 Å². The lowest BCUT2D eigenvalue weighted by Crippen LogP contribution is -2.00. The van der Waals surface area contributed by atoms with Crippen LogP contribution in [0, 0.1) is 0 Å². The maximum absolute atomic E-state index is 11.0. The molecule has 0 atom stereocenters. The molecular weight excluding hydrogens is 118 g/mol. The van der Waals surface area contributed by atoms with Crippen LogP contribution in [0.4, 0.5) is 8.78 Å².